The minimum Gasteiger partial charge on any atom is -0.493 e. The number of unbranched alkanes of at least 4 members (excludes halogenated alkanes) is 3. The van der Waals surface area contributed by atoms with Gasteiger partial charge in [0.1, 0.15) is 0 Å². The van der Waals surface area contributed by atoms with Crippen LogP contribution in [0.25, 0.3) is 0 Å². The van der Waals surface area contributed by atoms with Gasteiger partial charge in [0.25, 0.3) is 0 Å². The van der Waals surface area contributed by atoms with Crippen molar-refractivity contribution in [2.24, 2.45) is 0 Å². The van der Waals surface area contributed by atoms with Crippen LogP contribution in [-0.2, 0) is 12.8 Å². The van der Waals surface area contributed by atoms with Crippen LogP contribution >= 0.6 is 11.8 Å². The van der Waals surface area contributed by atoms with Gasteiger partial charge in [-0.05, 0) is 81.2 Å². The predicted molar refractivity (Wildman–Crippen MR) is 148 cm³/mol. The molecule has 0 bridgehead atoms. The van der Waals surface area contributed by atoms with Crippen LogP contribution in [0.3, 0.4) is 0 Å². The molecular weight excluding hydrogens is 452 g/mol. The van der Waals surface area contributed by atoms with Gasteiger partial charge in [-0.3, -0.25) is 0 Å². The summed E-state index contributed by atoms with van der Waals surface area (Å²) in [4.78, 5) is 2.34. The van der Waals surface area contributed by atoms with Crippen molar-refractivity contribution in [3.05, 3.63) is 83.9 Å². The Morgan fingerprint density at radius 1 is 0.629 bits per heavy atom. The molecule has 5 heteroatoms. The van der Waals surface area contributed by atoms with E-state index in [0.29, 0.717) is 0 Å². The highest BCUT2D eigenvalue weighted by Crippen LogP contribution is 2.43. The van der Waals surface area contributed by atoms with E-state index in [0.717, 1.165) is 55.4 Å². The monoisotopic (exact) mass is 492 g/mol. The maximum atomic E-state index is 5.74. The Morgan fingerprint density at radius 3 is 1.89 bits per heavy atom. The first kappa shape index (κ1) is 27.1. The van der Waals surface area contributed by atoms with Crippen molar-refractivity contribution in [3.63, 3.8) is 0 Å². The Balaban J connectivity index is 1.32. The van der Waals surface area contributed by atoms with Gasteiger partial charge in [-0.2, -0.15) is 0 Å². The molecule has 3 aromatic carbocycles. The van der Waals surface area contributed by atoms with Crippen LogP contribution in [0.2, 0.25) is 0 Å². The van der Waals surface area contributed by atoms with Crippen molar-refractivity contribution in [1.82, 2.24) is 10.6 Å². The fourth-order valence-electron chi connectivity index (χ4n) is 4.06. The number of hydrogen-bond acceptors (Lipinski definition) is 5. The van der Waals surface area contributed by atoms with E-state index in [2.05, 4.69) is 71.3 Å². The molecule has 0 fully saturated rings. The molecule has 0 saturated carbocycles. The largest absolute Gasteiger partial charge is 0.493 e. The molecule has 0 aromatic heterocycles. The molecule has 0 aliphatic rings. The minimum absolute atomic E-state index is 0.775. The summed E-state index contributed by atoms with van der Waals surface area (Å²) in [5.41, 5.74) is 2.69. The number of nitrogens with one attached hydrogen (secondary N) is 2. The average Bonchev–Trinajstić information content (AvgIpc) is 2.90. The summed E-state index contributed by atoms with van der Waals surface area (Å²) in [6.45, 7) is 4.20. The normalized spacial score (nSPS) is 10.9. The van der Waals surface area contributed by atoms with Crippen LogP contribution in [0.15, 0.2) is 82.6 Å². The van der Waals surface area contributed by atoms with Gasteiger partial charge in [0.05, 0.1) is 19.1 Å². The summed E-state index contributed by atoms with van der Waals surface area (Å²) < 4.78 is 11.3. The molecule has 0 spiro atoms. The molecule has 2 N–H and O–H groups in total. The zero-order valence-electron chi connectivity index (χ0n) is 21.2. The number of hydrogen-bond donors (Lipinski definition) is 2. The molecule has 0 saturated heterocycles. The van der Waals surface area contributed by atoms with E-state index >= 15 is 0 Å². The number of rotatable bonds is 17. The lowest BCUT2D eigenvalue weighted by molar-refractivity contribution is 0.347. The maximum absolute atomic E-state index is 5.74. The summed E-state index contributed by atoms with van der Waals surface area (Å²) in [6.07, 6.45) is 7.10. The zero-order chi connectivity index (χ0) is 24.6. The topological polar surface area (TPSA) is 42.5 Å². The van der Waals surface area contributed by atoms with Crippen LogP contribution in [0.1, 0.15) is 36.8 Å². The lowest BCUT2D eigenvalue weighted by Crippen LogP contribution is -2.19. The fraction of sp³-hybridized carbons (Fsp3) is 0.400. The molecular formula is C30H40N2O2S. The Labute approximate surface area is 215 Å². The third kappa shape index (κ3) is 9.60. The van der Waals surface area contributed by atoms with Crippen molar-refractivity contribution >= 4 is 11.8 Å². The Morgan fingerprint density at radius 2 is 1.26 bits per heavy atom. The average molecular weight is 493 g/mol. The molecule has 3 aromatic rings. The Bertz CT molecular complexity index is 967. The lowest BCUT2D eigenvalue weighted by atomic mass is 10.1. The third-order valence-electron chi connectivity index (χ3n) is 6.01. The van der Waals surface area contributed by atoms with Crippen molar-refractivity contribution in [2.75, 3.05) is 40.4 Å². The zero-order valence-corrected chi connectivity index (χ0v) is 22.0. The molecule has 0 aliphatic carbocycles. The Hall–Kier alpha value is -2.47. The van der Waals surface area contributed by atoms with E-state index in [1.807, 2.05) is 12.1 Å². The predicted octanol–water partition coefficient (Wildman–Crippen LogP) is 6.38. The van der Waals surface area contributed by atoms with E-state index in [1.165, 1.54) is 41.7 Å². The third-order valence-corrected chi connectivity index (χ3v) is 7.17. The van der Waals surface area contributed by atoms with E-state index in [-0.39, 0.29) is 0 Å². The minimum atomic E-state index is 0.775. The molecule has 35 heavy (non-hydrogen) atoms. The number of methoxy groups -OCH3 is 2. The molecule has 0 radical (unpaired) electrons. The van der Waals surface area contributed by atoms with Crippen molar-refractivity contribution in [2.45, 2.75) is 48.3 Å². The van der Waals surface area contributed by atoms with E-state index in [1.54, 1.807) is 26.0 Å². The molecule has 188 valence electrons. The summed E-state index contributed by atoms with van der Waals surface area (Å²) in [6, 6.07) is 25.3. The quantitative estimate of drug-likeness (QED) is 0.214. The molecule has 0 unspecified atom stereocenters. The van der Waals surface area contributed by atoms with Crippen LogP contribution in [0.5, 0.6) is 11.5 Å². The van der Waals surface area contributed by atoms with Gasteiger partial charge in [-0.25, -0.2) is 0 Å². The first-order valence-electron chi connectivity index (χ1n) is 12.7. The SMILES string of the molecule is COc1ccc(CCNCCCCCCNCCc2ccccc2)c(Sc2ccccc2)c1OC. The van der Waals surface area contributed by atoms with Crippen LogP contribution in [0, 0.1) is 0 Å². The number of ether oxygens (including phenoxy) is 2. The van der Waals surface area contributed by atoms with Crippen molar-refractivity contribution < 1.29 is 9.47 Å². The maximum Gasteiger partial charge on any atom is 0.174 e. The van der Waals surface area contributed by atoms with Gasteiger partial charge in [-0.1, -0.05) is 79.2 Å². The highest BCUT2D eigenvalue weighted by Gasteiger charge is 2.16. The first-order valence-corrected chi connectivity index (χ1v) is 13.6. The molecule has 0 aliphatic heterocycles. The second kappa shape index (κ2) is 16.2. The second-order valence-corrected chi connectivity index (χ2v) is 9.69. The van der Waals surface area contributed by atoms with Crippen LogP contribution < -0.4 is 20.1 Å². The standard InChI is InChI=1S/C30H40N2O2S/c1-33-28-18-17-26(30(29(28)34-2)35-27-15-9-6-10-16-27)20-24-32-22-12-4-3-11-21-31-23-19-25-13-7-5-8-14-25/h5-10,13-18,31-32H,3-4,11-12,19-24H2,1-2H3. The second-order valence-electron chi connectivity index (χ2n) is 8.60. The van der Waals surface area contributed by atoms with Gasteiger partial charge in [0.2, 0.25) is 0 Å². The molecule has 0 amide bonds. The van der Waals surface area contributed by atoms with Gasteiger partial charge in [0, 0.05) is 4.90 Å². The highest BCUT2D eigenvalue weighted by atomic mass is 32.2. The van der Waals surface area contributed by atoms with Crippen molar-refractivity contribution in [1.29, 1.82) is 0 Å². The van der Waals surface area contributed by atoms with Gasteiger partial charge < -0.3 is 20.1 Å². The van der Waals surface area contributed by atoms with Crippen LogP contribution in [-0.4, -0.2) is 40.4 Å². The smallest absolute Gasteiger partial charge is 0.174 e. The lowest BCUT2D eigenvalue weighted by Gasteiger charge is -2.17. The van der Waals surface area contributed by atoms with Crippen LogP contribution in [0.4, 0.5) is 0 Å². The molecule has 0 heterocycles. The Kier molecular flexibility index (Phi) is 12.6. The van der Waals surface area contributed by atoms with E-state index in [4.69, 9.17) is 9.47 Å². The van der Waals surface area contributed by atoms with E-state index in [9.17, 15) is 0 Å². The summed E-state index contributed by atoms with van der Waals surface area (Å²) in [5.74, 6) is 1.59. The summed E-state index contributed by atoms with van der Waals surface area (Å²) in [5, 5.41) is 7.19. The highest BCUT2D eigenvalue weighted by molar-refractivity contribution is 7.99. The van der Waals surface area contributed by atoms with Crippen molar-refractivity contribution in [3.8, 4) is 11.5 Å². The first-order chi connectivity index (χ1) is 17.3. The fourth-order valence-corrected chi connectivity index (χ4v) is 5.17. The van der Waals surface area contributed by atoms with Gasteiger partial charge in [0.15, 0.2) is 11.5 Å². The molecule has 3 rings (SSSR count). The van der Waals surface area contributed by atoms with E-state index < -0.39 is 0 Å². The molecule has 0 atom stereocenters. The summed E-state index contributed by atoms with van der Waals surface area (Å²) >= 11 is 1.74. The molecule has 4 nitrogen and oxygen atoms in total. The summed E-state index contributed by atoms with van der Waals surface area (Å²) in [7, 11) is 3.41. The van der Waals surface area contributed by atoms with Gasteiger partial charge in [-0.15, -0.1) is 0 Å². The number of benzene rings is 3. The van der Waals surface area contributed by atoms with Gasteiger partial charge >= 0.3 is 0 Å².